The van der Waals surface area contributed by atoms with Crippen LogP contribution in [0.5, 0.6) is 0 Å². The van der Waals surface area contributed by atoms with Crippen molar-refractivity contribution in [2.45, 2.75) is 19.4 Å². The molecule has 0 atom stereocenters. The summed E-state index contributed by atoms with van der Waals surface area (Å²) in [6.07, 6.45) is 1.08. The van der Waals surface area contributed by atoms with Gasteiger partial charge >= 0.3 is 6.09 Å². The number of fused-ring (bicyclic) bond motifs is 1. The van der Waals surface area contributed by atoms with Crippen molar-refractivity contribution in [1.29, 1.82) is 5.26 Å². The molecule has 0 radical (unpaired) electrons. The first-order valence-corrected chi connectivity index (χ1v) is 6.13. The Hall–Kier alpha value is -2.74. The summed E-state index contributed by atoms with van der Waals surface area (Å²) in [6, 6.07) is 9.25. The number of nitriles is 1. The van der Waals surface area contributed by atoms with Gasteiger partial charge in [0.25, 0.3) is 0 Å². The molecule has 1 aliphatic rings. The number of furan rings is 1. The largest absolute Gasteiger partial charge is 0.453 e. The molecule has 0 unspecified atom stereocenters. The van der Waals surface area contributed by atoms with Gasteiger partial charge in [-0.2, -0.15) is 5.26 Å². The summed E-state index contributed by atoms with van der Waals surface area (Å²) in [5.41, 5.74) is 2.64. The average molecular weight is 268 g/mol. The van der Waals surface area contributed by atoms with Crippen LogP contribution in [-0.4, -0.2) is 6.09 Å². The standard InChI is InChI=1S/C15H12N2O3/c1-15(2)12-6-9(10-5-11(7-16)19-8-10)3-4-13(12)17-14(18)20-15/h3-6,8H,1-2H3,(H,17,18). The second-order valence-corrected chi connectivity index (χ2v) is 5.10. The van der Waals surface area contributed by atoms with E-state index in [1.165, 1.54) is 6.26 Å². The van der Waals surface area contributed by atoms with E-state index in [4.69, 9.17) is 14.4 Å². The first kappa shape index (κ1) is 12.3. The van der Waals surface area contributed by atoms with Crippen molar-refractivity contribution in [1.82, 2.24) is 0 Å². The Morgan fingerprint density at radius 1 is 1.25 bits per heavy atom. The minimum absolute atomic E-state index is 0.265. The summed E-state index contributed by atoms with van der Waals surface area (Å²) in [5.74, 6) is 0.265. The van der Waals surface area contributed by atoms with Crippen LogP contribution in [0.1, 0.15) is 25.2 Å². The Morgan fingerprint density at radius 3 is 2.75 bits per heavy atom. The summed E-state index contributed by atoms with van der Waals surface area (Å²) in [7, 11) is 0. The van der Waals surface area contributed by atoms with Gasteiger partial charge in [0.05, 0.1) is 5.69 Å². The van der Waals surface area contributed by atoms with Gasteiger partial charge in [-0.1, -0.05) is 6.07 Å². The Labute approximate surface area is 115 Å². The van der Waals surface area contributed by atoms with Crippen LogP contribution < -0.4 is 5.32 Å². The van der Waals surface area contributed by atoms with Gasteiger partial charge in [-0.3, -0.25) is 5.32 Å². The number of hydrogen-bond donors (Lipinski definition) is 1. The average Bonchev–Trinajstić information content (AvgIpc) is 2.86. The maximum absolute atomic E-state index is 11.5. The zero-order chi connectivity index (χ0) is 14.3. The molecular weight excluding hydrogens is 256 g/mol. The highest BCUT2D eigenvalue weighted by Crippen LogP contribution is 2.38. The summed E-state index contributed by atoms with van der Waals surface area (Å²) in [6.45, 7) is 3.68. The van der Waals surface area contributed by atoms with E-state index in [9.17, 15) is 4.79 Å². The van der Waals surface area contributed by atoms with E-state index in [1.807, 2.05) is 38.1 Å². The lowest BCUT2D eigenvalue weighted by molar-refractivity contribution is 0.0421. The molecule has 2 aromatic rings. The van der Waals surface area contributed by atoms with Crippen LogP contribution in [0.15, 0.2) is 34.9 Å². The van der Waals surface area contributed by atoms with Gasteiger partial charge in [-0.25, -0.2) is 4.79 Å². The third-order valence-corrected chi connectivity index (χ3v) is 3.30. The highest BCUT2D eigenvalue weighted by atomic mass is 16.6. The molecule has 1 aromatic heterocycles. The van der Waals surface area contributed by atoms with E-state index >= 15 is 0 Å². The SMILES string of the molecule is CC1(C)OC(=O)Nc2ccc(-c3coc(C#N)c3)cc21. The fourth-order valence-corrected chi connectivity index (χ4v) is 2.30. The minimum Gasteiger partial charge on any atom is -0.453 e. The Morgan fingerprint density at radius 2 is 2.05 bits per heavy atom. The minimum atomic E-state index is -0.699. The van der Waals surface area contributed by atoms with Crippen molar-refractivity contribution in [2.75, 3.05) is 5.32 Å². The molecule has 0 fully saturated rings. The summed E-state index contributed by atoms with van der Waals surface area (Å²) < 4.78 is 10.4. The molecule has 0 aliphatic carbocycles. The number of hydrogen-bond acceptors (Lipinski definition) is 4. The quantitative estimate of drug-likeness (QED) is 0.857. The molecule has 20 heavy (non-hydrogen) atoms. The van der Waals surface area contributed by atoms with Crippen molar-refractivity contribution in [3.05, 3.63) is 41.9 Å². The number of carbonyl (C=O) groups is 1. The first-order valence-electron chi connectivity index (χ1n) is 6.13. The van der Waals surface area contributed by atoms with Gasteiger partial charge in [0.2, 0.25) is 5.76 Å². The number of cyclic esters (lactones) is 1. The van der Waals surface area contributed by atoms with E-state index < -0.39 is 11.7 Å². The topological polar surface area (TPSA) is 75.3 Å². The van der Waals surface area contributed by atoms with E-state index in [2.05, 4.69) is 5.32 Å². The Balaban J connectivity index is 2.09. The number of nitrogens with one attached hydrogen (secondary N) is 1. The van der Waals surface area contributed by atoms with E-state index in [0.717, 1.165) is 22.4 Å². The number of ether oxygens (including phenoxy) is 1. The van der Waals surface area contributed by atoms with Crippen LogP contribution in [0.25, 0.3) is 11.1 Å². The van der Waals surface area contributed by atoms with Crippen LogP contribution in [0.3, 0.4) is 0 Å². The molecule has 100 valence electrons. The fourth-order valence-electron chi connectivity index (χ4n) is 2.30. The van der Waals surface area contributed by atoms with E-state index in [-0.39, 0.29) is 5.76 Å². The first-order chi connectivity index (χ1) is 9.49. The van der Waals surface area contributed by atoms with Crippen molar-refractivity contribution in [2.24, 2.45) is 0 Å². The van der Waals surface area contributed by atoms with E-state index in [1.54, 1.807) is 6.07 Å². The molecule has 0 spiro atoms. The summed E-state index contributed by atoms with van der Waals surface area (Å²) in [4.78, 5) is 11.5. The Bertz CT molecular complexity index is 738. The van der Waals surface area contributed by atoms with Gasteiger partial charge in [0.1, 0.15) is 17.9 Å². The Kier molecular flexibility index (Phi) is 2.54. The molecule has 1 aromatic carbocycles. The second-order valence-electron chi connectivity index (χ2n) is 5.10. The van der Waals surface area contributed by atoms with Crippen molar-refractivity contribution < 1.29 is 13.9 Å². The lowest BCUT2D eigenvalue weighted by atomic mass is 9.92. The van der Waals surface area contributed by atoms with Gasteiger partial charge < -0.3 is 9.15 Å². The van der Waals surface area contributed by atoms with Gasteiger partial charge in [-0.15, -0.1) is 0 Å². The van der Waals surface area contributed by atoms with Crippen molar-refractivity contribution in [3.63, 3.8) is 0 Å². The molecular formula is C15H12N2O3. The number of nitrogens with zero attached hydrogens (tertiary/aromatic N) is 1. The van der Waals surface area contributed by atoms with Crippen LogP contribution in [0, 0.1) is 11.3 Å². The molecule has 1 amide bonds. The lowest BCUT2D eigenvalue weighted by Gasteiger charge is -2.32. The number of rotatable bonds is 1. The number of benzene rings is 1. The monoisotopic (exact) mass is 268 g/mol. The zero-order valence-corrected chi connectivity index (χ0v) is 11.1. The third-order valence-electron chi connectivity index (χ3n) is 3.30. The highest BCUT2D eigenvalue weighted by Gasteiger charge is 2.33. The molecule has 0 saturated heterocycles. The van der Waals surface area contributed by atoms with Gasteiger partial charge in [0.15, 0.2) is 0 Å². The molecule has 5 nitrogen and oxygen atoms in total. The predicted molar refractivity (Wildman–Crippen MR) is 72.0 cm³/mol. The predicted octanol–water partition coefficient (Wildman–Crippen LogP) is 3.62. The lowest BCUT2D eigenvalue weighted by Crippen LogP contribution is -2.34. The van der Waals surface area contributed by atoms with Gasteiger partial charge in [0, 0.05) is 17.2 Å². The van der Waals surface area contributed by atoms with Crippen LogP contribution >= 0.6 is 0 Å². The molecule has 5 heteroatoms. The molecule has 1 aliphatic heterocycles. The molecule has 1 N–H and O–H groups in total. The molecule has 3 rings (SSSR count). The maximum atomic E-state index is 11.5. The van der Waals surface area contributed by atoms with Crippen molar-refractivity contribution >= 4 is 11.8 Å². The van der Waals surface area contributed by atoms with Crippen LogP contribution in [-0.2, 0) is 10.3 Å². The highest BCUT2D eigenvalue weighted by molar-refractivity contribution is 5.89. The fraction of sp³-hybridized carbons (Fsp3) is 0.200. The van der Waals surface area contributed by atoms with Crippen LogP contribution in [0.4, 0.5) is 10.5 Å². The molecule has 2 heterocycles. The normalized spacial score (nSPS) is 15.8. The smallest absolute Gasteiger partial charge is 0.412 e. The third kappa shape index (κ3) is 1.91. The zero-order valence-electron chi connectivity index (χ0n) is 11.1. The number of amides is 1. The van der Waals surface area contributed by atoms with E-state index in [0.29, 0.717) is 0 Å². The molecule has 0 bridgehead atoms. The number of carbonyl (C=O) groups excluding carboxylic acids is 1. The summed E-state index contributed by atoms with van der Waals surface area (Å²) in [5, 5.41) is 11.5. The van der Waals surface area contributed by atoms with Crippen molar-refractivity contribution in [3.8, 4) is 17.2 Å². The molecule has 0 saturated carbocycles. The summed E-state index contributed by atoms with van der Waals surface area (Å²) >= 11 is 0. The number of anilines is 1. The maximum Gasteiger partial charge on any atom is 0.412 e. The van der Waals surface area contributed by atoms with Crippen LogP contribution in [0.2, 0.25) is 0 Å². The second kappa shape index (κ2) is 4.14. The van der Waals surface area contributed by atoms with Gasteiger partial charge in [-0.05, 0) is 31.5 Å².